The fourth-order valence-corrected chi connectivity index (χ4v) is 5.27. The number of fused-ring (bicyclic) bond motifs is 1. The molecule has 0 bridgehead atoms. The lowest BCUT2D eigenvalue weighted by Crippen LogP contribution is -2.63. The van der Waals surface area contributed by atoms with Gasteiger partial charge < -0.3 is 24.8 Å². The van der Waals surface area contributed by atoms with E-state index in [1.807, 2.05) is 51.3 Å². The van der Waals surface area contributed by atoms with Crippen molar-refractivity contribution in [2.24, 2.45) is 0 Å². The molecule has 0 radical (unpaired) electrons. The molecule has 2 aromatic rings. The summed E-state index contributed by atoms with van der Waals surface area (Å²) in [5.74, 6) is 0.0651. The molecule has 0 atom stereocenters. The first-order valence-corrected chi connectivity index (χ1v) is 11.7. The zero-order chi connectivity index (χ0) is 21.4. The fraction of sp³-hybridized carbons (Fsp3) is 0.500. The summed E-state index contributed by atoms with van der Waals surface area (Å²) in [5, 5.41) is 6.55. The average molecular weight is 442 g/mol. The maximum atomic E-state index is 13.8. The quantitative estimate of drug-likeness (QED) is 0.775. The minimum absolute atomic E-state index is 0.0524. The number of nitrogens with zero attached hydrogens (tertiary/aromatic N) is 4. The van der Waals surface area contributed by atoms with Gasteiger partial charge in [-0.15, -0.1) is 11.3 Å². The van der Waals surface area contributed by atoms with Crippen LogP contribution in [0.4, 0.5) is 16.2 Å². The molecule has 8 nitrogen and oxygen atoms in total. The van der Waals surface area contributed by atoms with Crippen molar-refractivity contribution in [1.82, 2.24) is 14.8 Å². The minimum atomic E-state index is -0.693. The third-order valence-corrected chi connectivity index (χ3v) is 7.20. The van der Waals surface area contributed by atoms with Crippen molar-refractivity contribution < 1.29 is 14.3 Å². The van der Waals surface area contributed by atoms with Crippen LogP contribution in [0.3, 0.4) is 0 Å². The average Bonchev–Trinajstić information content (AvgIpc) is 3.22. The number of morpholine rings is 1. The fourth-order valence-electron chi connectivity index (χ4n) is 4.67. The second-order valence-electron chi connectivity index (χ2n) is 8.34. The number of aryl methyl sites for hydroxylation is 1. The Labute approximate surface area is 185 Å². The van der Waals surface area contributed by atoms with Crippen molar-refractivity contribution in [2.45, 2.75) is 31.8 Å². The maximum Gasteiger partial charge on any atom is 0.320 e. The number of likely N-dealkylation sites (tertiary alicyclic amines) is 1. The van der Waals surface area contributed by atoms with Gasteiger partial charge in [-0.05, 0) is 31.9 Å². The van der Waals surface area contributed by atoms with Gasteiger partial charge in [0.25, 0.3) is 5.91 Å². The SMILES string of the molecule is Cc1nc(CN2C(=O)C3(CCN(C(=O)N4CCOCC4)CC3)Nc3ccccc32)cs1. The van der Waals surface area contributed by atoms with Gasteiger partial charge in [0, 0.05) is 31.6 Å². The molecule has 2 saturated heterocycles. The second kappa shape index (κ2) is 8.12. The van der Waals surface area contributed by atoms with Crippen LogP contribution in [0, 0.1) is 6.92 Å². The van der Waals surface area contributed by atoms with Crippen LogP contribution in [-0.4, -0.2) is 71.7 Å². The van der Waals surface area contributed by atoms with Gasteiger partial charge in [0.05, 0.1) is 41.8 Å². The van der Waals surface area contributed by atoms with E-state index in [-0.39, 0.29) is 11.9 Å². The van der Waals surface area contributed by atoms with Crippen LogP contribution < -0.4 is 10.2 Å². The van der Waals surface area contributed by atoms with E-state index in [0.29, 0.717) is 58.8 Å². The predicted octanol–water partition coefficient (Wildman–Crippen LogP) is 2.70. The van der Waals surface area contributed by atoms with E-state index in [1.54, 1.807) is 11.3 Å². The summed E-state index contributed by atoms with van der Waals surface area (Å²) >= 11 is 1.60. The van der Waals surface area contributed by atoms with E-state index in [9.17, 15) is 9.59 Å². The number of piperidine rings is 1. The van der Waals surface area contributed by atoms with Gasteiger partial charge in [-0.2, -0.15) is 0 Å². The Morgan fingerprint density at radius 2 is 1.87 bits per heavy atom. The summed E-state index contributed by atoms with van der Waals surface area (Å²) in [5.41, 5.74) is 2.06. The van der Waals surface area contributed by atoms with Gasteiger partial charge in [0.15, 0.2) is 0 Å². The largest absolute Gasteiger partial charge is 0.378 e. The van der Waals surface area contributed by atoms with E-state index in [1.165, 1.54) is 0 Å². The summed E-state index contributed by atoms with van der Waals surface area (Å²) in [7, 11) is 0. The molecule has 164 valence electrons. The lowest BCUT2D eigenvalue weighted by molar-refractivity contribution is -0.124. The molecule has 31 heavy (non-hydrogen) atoms. The number of thiazole rings is 1. The first-order valence-electron chi connectivity index (χ1n) is 10.8. The molecule has 1 N–H and O–H groups in total. The van der Waals surface area contributed by atoms with Crippen molar-refractivity contribution in [3.63, 3.8) is 0 Å². The van der Waals surface area contributed by atoms with Crippen molar-refractivity contribution in [1.29, 1.82) is 0 Å². The summed E-state index contributed by atoms with van der Waals surface area (Å²) in [6, 6.07) is 7.99. The van der Waals surface area contributed by atoms with Gasteiger partial charge in [0.2, 0.25) is 0 Å². The van der Waals surface area contributed by atoms with Gasteiger partial charge >= 0.3 is 6.03 Å². The molecule has 2 fully saturated rings. The minimum Gasteiger partial charge on any atom is -0.378 e. The highest BCUT2D eigenvalue weighted by Gasteiger charge is 2.48. The van der Waals surface area contributed by atoms with Gasteiger partial charge in [0.1, 0.15) is 5.54 Å². The van der Waals surface area contributed by atoms with Gasteiger partial charge in [-0.1, -0.05) is 12.1 Å². The monoisotopic (exact) mass is 441 g/mol. The molecule has 3 aliphatic rings. The topological polar surface area (TPSA) is 78.0 Å². The van der Waals surface area contributed by atoms with Crippen LogP contribution in [0.1, 0.15) is 23.5 Å². The number of benzene rings is 1. The smallest absolute Gasteiger partial charge is 0.320 e. The van der Waals surface area contributed by atoms with Crippen molar-refractivity contribution in [3.05, 3.63) is 40.3 Å². The maximum absolute atomic E-state index is 13.8. The Kier molecular flexibility index (Phi) is 5.31. The number of hydrogen-bond acceptors (Lipinski definition) is 6. The molecule has 1 spiro atoms. The Morgan fingerprint density at radius 1 is 1.16 bits per heavy atom. The van der Waals surface area contributed by atoms with E-state index < -0.39 is 5.54 Å². The van der Waals surface area contributed by atoms with E-state index in [2.05, 4.69) is 10.3 Å². The molecular formula is C22H27N5O3S. The molecule has 3 amide bonds. The number of anilines is 2. The van der Waals surface area contributed by atoms with Crippen molar-refractivity contribution in [2.75, 3.05) is 49.6 Å². The van der Waals surface area contributed by atoms with Crippen LogP contribution >= 0.6 is 11.3 Å². The summed E-state index contributed by atoms with van der Waals surface area (Å²) in [6.07, 6.45) is 1.17. The lowest BCUT2D eigenvalue weighted by atomic mass is 9.83. The number of carbonyl (C=O) groups excluding carboxylic acids is 2. The summed E-state index contributed by atoms with van der Waals surface area (Å²) in [6.45, 7) is 5.99. The molecule has 0 saturated carbocycles. The number of para-hydroxylation sites is 2. The Morgan fingerprint density at radius 3 is 2.58 bits per heavy atom. The highest BCUT2D eigenvalue weighted by atomic mass is 32.1. The molecular weight excluding hydrogens is 414 g/mol. The number of rotatable bonds is 2. The van der Waals surface area contributed by atoms with Gasteiger partial charge in [-0.25, -0.2) is 9.78 Å². The molecule has 3 aliphatic heterocycles. The highest BCUT2D eigenvalue weighted by Crippen LogP contribution is 2.40. The zero-order valence-electron chi connectivity index (χ0n) is 17.7. The second-order valence-corrected chi connectivity index (χ2v) is 9.40. The molecule has 4 heterocycles. The number of nitrogens with one attached hydrogen (secondary N) is 1. The van der Waals surface area contributed by atoms with Gasteiger partial charge in [-0.3, -0.25) is 4.79 Å². The number of aromatic nitrogens is 1. The normalized spacial score (nSPS) is 20.5. The third-order valence-electron chi connectivity index (χ3n) is 6.38. The number of urea groups is 1. The number of hydrogen-bond donors (Lipinski definition) is 1. The Bertz CT molecular complexity index is 979. The first kappa shape index (κ1) is 20.3. The summed E-state index contributed by atoms with van der Waals surface area (Å²) < 4.78 is 5.36. The molecule has 0 unspecified atom stereocenters. The Hall–Kier alpha value is -2.65. The number of amides is 3. The number of carbonyl (C=O) groups is 2. The molecule has 0 aliphatic carbocycles. The van der Waals surface area contributed by atoms with E-state index in [0.717, 1.165) is 22.1 Å². The van der Waals surface area contributed by atoms with Crippen molar-refractivity contribution in [3.8, 4) is 0 Å². The highest BCUT2D eigenvalue weighted by molar-refractivity contribution is 7.09. The molecule has 5 rings (SSSR count). The van der Waals surface area contributed by atoms with E-state index in [4.69, 9.17) is 4.74 Å². The van der Waals surface area contributed by atoms with E-state index >= 15 is 0 Å². The zero-order valence-corrected chi connectivity index (χ0v) is 18.5. The Balaban J connectivity index is 1.36. The van der Waals surface area contributed by atoms with Crippen LogP contribution in [0.5, 0.6) is 0 Å². The molecule has 9 heteroatoms. The first-order chi connectivity index (χ1) is 15.1. The standard InChI is InChI=1S/C22H27N5O3S/c1-16-23-17(15-31-16)14-27-19-5-3-2-4-18(19)24-22(20(27)28)6-8-25(9-7-22)21(29)26-10-12-30-13-11-26/h2-5,15,24H,6-14H2,1H3. The summed E-state index contributed by atoms with van der Waals surface area (Å²) in [4.78, 5) is 36.8. The van der Waals surface area contributed by atoms with Crippen LogP contribution in [0.25, 0.3) is 0 Å². The van der Waals surface area contributed by atoms with Crippen LogP contribution in [-0.2, 0) is 16.1 Å². The van der Waals surface area contributed by atoms with Crippen LogP contribution in [0.15, 0.2) is 29.6 Å². The third kappa shape index (κ3) is 3.76. The van der Waals surface area contributed by atoms with Crippen molar-refractivity contribution >= 4 is 34.6 Å². The number of ether oxygens (including phenoxy) is 1. The molecule has 1 aromatic heterocycles. The molecule has 1 aromatic carbocycles. The lowest BCUT2D eigenvalue weighted by Gasteiger charge is -2.48. The predicted molar refractivity (Wildman–Crippen MR) is 119 cm³/mol. The van der Waals surface area contributed by atoms with Crippen LogP contribution in [0.2, 0.25) is 0 Å².